The molecule has 4 heteroatoms. The van der Waals surface area contributed by atoms with Crippen molar-refractivity contribution < 1.29 is 4.39 Å². The van der Waals surface area contributed by atoms with Crippen LogP contribution in [0.4, 0.5) is 4.39 Å². The molecule has 0 aliphatic rings. The van der Waals surface area contributed by atoms with Gasteiger partial charge in [0, 0.05) is 0 Å². The van der Waals surface area contributed by atoms with Crippen molar-refractivity contribution in [2.24, 2.45) is 10.2 Å². The average molecular weight is 289 g/mol. The summed E-state index contributed by atoms with van der Waals surface area (Å²) >= 11 is 5.60. The van der Waals surface area contributed by atoms with Crippen LogP contribution in [0.1, 0.15) is 23.6 Å². The number of nitrogens with zero attached hydrogens (tertiary/aromatic N) is 2. The monoisotopic (exact) mass is 288 g/mol. The SMILES string of the molecule is CCc1ccc(C=NN=Cc2ccc(Cl)c(F)c2)cc1. The highest BCUT2D eigenvalue weighted by atomic mass is 35.5. The van der Waals surface area contributed by atoms with Crippen LogP contribution in [0.2, 0.25) is 5.02 Å². The fourth-order valence-electron chi connectivity index (χ4n) is 1.63. The van der Waals surface area contributed by atoms with Gasteiger partial charge < -0.3 is 0 Å². The molecule has 2 nitrogen and oxygen atoms in total. The van der Waals surface area contributed by atoms with Crippen molar-refractivity contribution in [1.29, 1.82) is 0 Å². The van der Waals surface area contributed by atoms with Gasteiger partial charge in [0.25, 0.3) is 0 Å². The number of benzene rings is 2. The van der Waals surface area contributed by atoms with Crippen molar-refractivity contribution in [2.45, 2.75) is 13.3 Å². The molecule has 0 aliphatic heterocycles. The Morgan fingerprint density at radius 1 is 1.00 bits per heavy atom. The first-order valence-electron chi connectivity index (χ1n) is 6.29. The molecule has 2 aromatic carbocycles. The fraction of sp³-hybridized carbons (Fsp3) is 0.125. The van der Waals surface area contributed by atoms with E-state index in [-0.39, 0.29) is 5.02 Å². The molecule has 0 spiro atoms. The minimum atomic E-state index is -0.463. The van der Waals surface area contributed by atoms with E-state index in [9.17, 15) is 4.39 Å². The van der Waals surface area contributed by atoms with Crippen LogP contribution in [0.15, 0.2) is 52.7 Å². The first-order valence-corrected chi connectivity index (χ1v) is 6.67. The van der Waals surface area contributed by atoms with Crippen LogP contribution in [-0.2, 0) is 6.42 Å². The lowest BCUT2D eigenvalue weighted by Crippen LogP contribution is -1.85. The Labute approximate surface area is 122 Å². The standard InChI is InChI=1S/C16H14ClFN2/c1-2-12-3-5-13(6-4-12)10-19-20-11-14-7-8-15(17)16(18)9-14/h3-11H,2H2,1H3. The molecule has 0 saturated carbocycles. The van der Waals surface area contributed by atoms with E-state index in [1.165, 1.54) is 23.9 Å². The van der Waals surface area contributed by atoms with Gasteiger partial charge in [-0.05, 0) is 35.2 Å². The first kappa shape index (κ1) is 14.4. The molecule has 2 rings (SSSR count). The normalized spacial score (nSPS) is 11.6. The van der Waals surface area contributed by atoms with Crippen molar-refractivity contribution in [2.75, 3.05) is 0 Å². The van der Waals surface area contributed by atoms with Gasteiger partial charge in [-0.2, -0.15) is 10.2 Å². The van der Waals surface area contributed by atoms with Crippen LogP contribution in [0.25, 0.3) is 0 Å². The van der Waals surface area contributed by atoms with E-state index in [1.54, 1.807) is 12.3 Å². The summed E-state index contributed by atoms with van der Waals surface area (Å²) in [5, 5.41) is 7.92. The van der Waals surface area contributed by atoms with E-state index in [4.69, 9.17) is 11.6 Å². The molecule has 0 aromatic heterocycles. The van der Waals surface area contributed by atoms with Gasteiger partial charge in [-0.15, -0.1) is 0 Å². The molecule has 0 unspecified atom stereocenters. The quantitative estimate of drug-likeness (QED) is 0.585. The van der Waals surface area contributed by atoms with Crippen molar-refractivity contribution in [3.05, 3.63) is 70.0 Å². The third-order valence-electron chi connectivity index (χ3n) is 2.81. The lowest BCUT2D eigenvalue weighted by molar-refractivity contribution is 0.628. The van der Waals surface area contributed by atoms with Crippen LogP contribution in [-0.4, -0.2) is 12.4 Å². The second-order valence-electron chi connectivity index (χ2n) is 4.26. The van der Waals surface area contributed by atoms with Crippen molar-refractivity contribution in [3.63, 3.8) is 0 Å². The molecule has 0 bridgehead atoms. The third-order valence-corrected chi connectivity index (χ3v) is 3.12. The number of aryl methyl sites for hydroxylation is 1. The minimum absolute atomic E-state index is 0.0988. The second kappa shape index (κ2) is 6.96. The van der Waals surface area contributed by atoms with Crippen molar-refractivity contribution >= 4 is 24.0 Å². The summed E-state index contributed by atoms with van der Waals surface area (Å²) in [6.45, 7) is 2.11. The predicted octanol–water partition coefficient (Wildman–Crippen LogP) is 4.49. The molecular weight excluding hydrogens is 275 g/mol. The van der Waals surface area contributed by atoms with Gasteiger partial charge in [0.05, 0.1) is 17.5 Å². The molecule has 0 saturated heterocycles. The summed E-state index contributed by atoms with van der Waals surface area (Å²) in [6, 6.07) is 12.6. The molecule has 2 aromatic rings. The van der Waals surface area contributed by atoms with E-state index in [2.05, 4.69) is 29.3 Å². The van der Waals surface area contributed by atoms with Crippen LogP contribution in [0.3, 0.4) is 0 Å². The Bertz CT molecular complexity index is 633. The molecule has 0 radical (unpaired) electrons. The maximum absolute atomic E-state index is 13.2. The molecule has 0 amide bonds. The Morgan fingerprint density at radius 2 is 1.60 bits per heavy atom. The first-order chi connectivity index (χ1) is 9.69. The van der Waals surface area contributed by atoms with Gasteiger partial charge in [0.2, 0.25) is 0 Å². The highest BCUT2D eigenvalue weighted by Gasteiger charge is 1.98. The number of rotatable bonds is 4. The smallest absolute Gasteiger partial charge is 0.142 e. The zero-order valence-corrected chi connectivity index (χ0v) is 11.8. The van der Waals surface area contributed by atoms with Gasteiger partial charge in [-0.1, -0.05) is 48.9 Å². The van der Waals surface area contributed by atoms with E-state index >= 15 is 0 Å². The highest BCUT2D eigenvalue weighted by Crippen LogP contribution is 2.14. The molecule has 0 fully saturated rings. The van der Waals surface area contributed by atoms with Gasteiger partial charge in [0.1, 0.15) is 5.82 Å². The predicted molar refractivity (Wildman–Crippen MR) is 82.4 cm³/mol. The zero-order chi connectivity index (χ0) is 14.4. The summed E-state index contributed by atoms with van der Waals surface area (Å²) in [6.07, 6.45) is 4.15. The third kappa shape index (κ3) is 4.00. The van der Waals surface area contributed by atoms with Crippen LogP contribution < -0.4 is 0 Å². The Hall–Kier alpha value is -2.00. The van der Waals surface area contributed by atoms with Crippen molar-refractivity contribution in [3.8, 4) is 0 Å². The molecule has 0 aliphatic carbocycles. The van der Waals surface area contributed by atoms with E-state index < -0.39 is 5.82 Å². The van der Waals surface area contributed by atoms with Gasteiger partial charge >= 0.3 is 0 Å². The lowest BCUT2D eigenvalue weighted by atomic mass is 10.1. The highest BCUT2D eigenvalue weighted by molar-refractivity contribution is 6.30. The zero-order valence-electron chi connectivity index (χ0n) is 11.1. The molecule has 0 atom stereocenters. The molecule has 0 N–H and O–H groups in total. The minimum Gasteiger partial charge on any atom is -0.205 e. The van der Waals surface area contributed by atoms with Gasteiger partial charge in [-0.25, -0.2) is 4.39 Å². The maximum Gasteiger partial charge on any atom is 0.142 e. The molecule has 20 heavy (non-hydrogen) atoms. The number of hydrogen-bond acceptors (Lipinski definition) is 2. The van der Waals surface area contributed by atoms with Crippen LogP contribution in [0.5, 0.6) is 0 Å². The summed E-state index contributed by atoms with van der Waals surface area (Å²) in [5.41, 5.74) is 2.87. The summed E-state index contributed by atoms with van der Waals surface area (Å²) in [7, 11) is 0. The Kier molecular flexibility index (Phi) is 5.02. The fourth-order valence-corrected chi connectivity index (χ4v) is 1.75. The average Bonchev–Trinajstić information content (AvgIpc) is 2.48. The van der Waals surface area contributed by atoms with E-state index in [1.807, 2.05) is 12.1 Å². The Balaban J connectivity index is 2.01. The largest absolute Gasteiger partial charge is 0.205 e. The van der Waals surface area contributed by atoms with Gasteiger partial charge in [-0.3, -0.25) is 0 Å². The van der Waals surface area contributed by atoms with Crippen LogP contribution in [0, 0.1) is 5.82 Å². The molecule has 102 valence electrons. The number of hydrogen-bond donors (Lipinski definition) is 0. The second-order valence-corrected chi connectivity index (χ2v) is 4.67. The maximum atomic E-state index is 13.2. The molecule has 0 heterocycles. The number of halogens is 2. The molecular formula is C16H14ClFN2. The summed E-state index contributed by atoms with van der Waals surface area (Å²) in [5.74, 6) is -0.463. The van der Waals surface area contributed by atoms with E-state index in [0.29, 0.717) is 5.56 Å². The topological polar surface area (TPSA) is 24.7 Å². The Morgan fingerprint density at radius 3 is 2.20 bits per heavy atom. The lowest BCUT2D eigenvalue weighted by Gasteiger charge is -1.96. The van der Waals surface area contributed by atoms with Gasteiger partial charge in [0.15, 0.2) is 0 Å². The van der Waals surface area contributed by atoms with E-state index in [0.717, 1.165) is 12.0 Å². The summed E-state index contributed by atoms with van der Waals surface area (Å²) in [4.78, 5) is 0. The van der Waals surface area contributed by atoms with Crippen molar-refractivity contribution in [1.82, 2.24) is 0 Å². The summed E-state index contributed by atoms with van der Waals surface area (Å²) < 4.78 is 13.2. The van der Waals surface area contributed by atoms with Crippen LogP contribution >= 0.6 is 11.6 Å².